The van der Waals surface area contributed by atoms with E-state index in [4.69, 9.17) is 4.98 Å². The summed E-state index contributed by atoms with van der Waals surface area (Å²) in [7, 11) is 2.00. The van der Waals surface area contributed by atoms with Crippen molar-refractivity contribution in [3.63, 3.8) is 0 Å². The van der Waals surface area contributed by atoms with Gasteiger partial charge in [0.2, 0.25) is 0 Å². The highest BCUT2D eigenvalue weighted by molar-refractivity contribution is 5.65. The smallest absolute Gasteiger partial charge is 0.282 e. The third-order valence-electron chi connectivity index (χ3n) is 4.92. The van der Waals surface area contributed by atoms with Crippen LogP contribution in [0.3, 0.4) is 0 Å². The van der Waals surface area contributed by atoms with Gasteiger partial charge in [0, 0.05) is 19.7 Å². The molecule has 0 saturated carbocycles. The van der Waals surface area contributed by atoms with E-state index in [0.717, 1.165) is 36.5 Å². The van der Waals surface area contributed by atoms with Crippen molar-refractivity contribution in [3.8, 4) is 0 Å². The number of halogens is 2. The zero-order chi connectivity index (χ0) is 19.0. The van der Waals surface area contributed by atoms with E-state index in [2.05, 4.69) is 34.5 Å². The zero-order valence-corrected chi connectivity index (χ0v) is 15.4. The van der Waals surface area contributed by atoms with E-state index < -0.39 is 6.43 Å². The van der Waals surface area contributed by atoms with Crippen LogP contribution in [0.5, 0.6) is 0 Å². The van der Waals surface area contributed by atoms with Gasteiger partial charge in [0.15, 0.2) is 5.65 Å². The molecule has 27 heavy (non-hydrogen) atoms. The van der Waals surface area contributed by atoms with Gasteiger partial charge in [-0.15, -0.1) is 0 Å². The predicted molar refractivity (Wildman–Crippen MR) is 99.6 cm³/mol. The van der Waals surface area contributed by atoms with E-state index in [1.165, 1.54) is 10.1 Å². The molecular weight excluding hydrogens is 348 g/mol. The number of imidazole rings is 2. The van der Waals surface area contributed by atoms with Gasteiger partial charge in [0.1, 0.15) is 11.5 Å². The Morgan fingerprint density at radius 3 is 2.78 bits per heavy atom. The highest BCUT2D eigenvalue weighted by atomic mass is 19.3. The molecule has 0 saturated heterocycles. The highest BCUT2D eigenvalue weighted by Gasteiger charge is 2.18. The molecule has 140 valence electrons. The van der Waals surface area contributed by atoms with Gasteiger partial charge in [-0.25, -0.2) is 23.3 Å². The Balaban J connectivity index is 1.53. The molecule has 0 unspecified atom stereocenters. The van der Waals surface area contributed by atoms with E-state index >= 15 is 0 Å². The molecule has 0 atom stereocenters. The molecule has 1 aliphatic rings. The molecule has 0 N–H and O–H groups in total. The summed E-state index contributed by atoms with van der Waals surface area (Å²) in [5, 5.41) is 4.48. The molecule has 0 radical (unpaired) electrons. The number of alkyl halides is 2. The Labute approximate surface area is 156 Å². The van der Waals surface area contributed by atoms with Gasteiger partial charge < -0.3 is 4.57 Å². The van der Waals surface area contributed by atoms with Crippen molar-refractivity contribution in [2.45, 2.75) is 39.0 Å². The standard InChI is InChI=1S/C20H21F2N5/c1-13-19(20(21)22)24-18-11-9-15(25-27(13)18)8-10-17-23-16(12-26(17)2)14-6-4-3-5-7-14/h3-4,6,9,11-12,20H,5,7-8,10H2,1-2H3. The largest absolute Gasteiger partial charge is 0.337 e. The van der Waals surface area contributed by atoms with Crippen LogP contribution in [0.2, 0.25) is 0 Å². The number of aryl methyl sites for hydroxylation is 4. The summed E-state index contributed by atoms with van der Waals surface area (Å²) >= 11 is 0. The Bertz CT molecular complexity index is 1040. The predicted octanol–water partition coefficient (Wildman–Crippen LogP) is 4.23. The van der Waals surface area contributed by atoms with Crippen molar-refractivity contribution in [3.05, 3.63) is 65.2 Å². The lowest BCUT2D eigenvalue weighted by molar-refractivity contribution is 0.146. The van der Waals surface area contributed by atoms with Gasteiger partial charge in [-0.2, -0.15) is 5.10 Å². The van der Waals surface area contributed by atoms with Gasteiger partial charge >= 0.3 is 0 Å². The Morgan fingerprint density at radius 1 is 1.19 bits per heavy atom. The monoisotopic (exact) mass is 369 g/mol. The summed E-state index contributed by atoms with van der Waals surface area (Å²) < 4.78 is 29.6. The SMILES string of the molecule is Cc1c(C(F)F)nc2ccc(CCc3nc(C4=CC=CCC4)cn3C)nn12. The van der Waals surface area contributed by atoms with Crippen molar-refractivity contribution in [1.29, 1.82) is 0 Å². The Kier molecular flexibility index (Phi) is 4.59. The quantitative estimate of drug-likeness (QED) is 0.676. The average Bonchev–Trinajstić information content (AvgIpc) is 3.21. The number of rotatable bonds is 5. The van der Waals surface area contributed by atoms with Crippen LogP contribution in [-0.2, 0) is 19.9 Å². The number of allylic oxidation sites excluding steroid dienone is 4. The second-order valence-electron chi connectivity index (χ2n) is 6.79. The molecular formula is C20H21F2N5. The van der Waals surface area contributed by atoms with Gasteiger partial charge in [0.05, 0.1) is 17.1 Å². The first-order chi connectivity index (χ1) is 13.0. The van der Waals surface area contributed by atoms with E-state index in [0.29, 0.717) is 17.8 Å². The van der Waals surface area contributed by atoms with Gasteiger partial charge in [-0.3, -0.25) is 0 Å². The average molecular weight is 369 g/mol. The molecule has 3 aromatic rings. The molecule has 0 amide bonds. The molecule has 4 rings (SSSR count). The maximum Gasteiger partial charge on any atom is 0.282 e. The fourth-order valence-corrected chi connectivity index (χ4v) is 3.39. The number of hydrogen-bond donors (Lipinski definition) is 0. The summed E-state index contributed by atoms with van der Waals surface area (Å²) in [4.78, 5) is 8.73. The van der Waals surface area contributed by atoms with E-state index in [-0.39, 0.29) is 5.69 Å². The molecule has 0 bridgehead atoms. The van der Waals surface area contributed by atoms with Crippen LogP contribution in [0.15, 0.2) is 36.6 Å². The molecule has 7 heteroatoms. The molecule has 0 fully saturated rings. The van der Waals surface area contributed by atoms with Crippen LogP contribution in [0.4, 0.5) is 8.78 Å². The van der Waals surface area contributed by atoms with Crippen LogP contribution in [0, 0.1) is 6.92 Å². The summed E-state index contributed by atoms with van der Waals surface area (Å²) in [6, 6.07) is 3.58. The van der Waals surface area contributed by atoms with Crippen molar-refractivity contribution in [2.75, 3.05) is 0 Å². The summed E-state index contributed by atoms with van der Waals surface area (Å²) in [5.41, 5.74) is 3.73. The molecule has 0 spiro atoms. The molecule has 3 aromatic heterocycles. The third-order valence-corrected chi connectivity index (χ3v) is 4.92. The number of nitrogens with zero attached hydrogens (tertiary/aromatic N) is 5. The fourth-order valence-electron chi connectivity index (χ4n) is 3.39. The van der Waals surface area contributed by atoms with Gasteiger partial charge in [0.25, 0.3) is 6.43 Å². The first kappa shape index (κ1) is 17.6. The van der Waals surface area contributed by atoms with Crippen molar-refractivity contribution < 1.29 is 8.78 Å². The molecule has 0 aliphatic heterocycles. The lowest BCUT2D eigenvalue weighted by atomic mass is 10.0. The fraction of sp³-hybridized carbons (Fsp3) is 0.350. The highest BCUT2D eigenvalue weighted by Crippen LogP contribution is 2.24. The van der Waals surface area contributed by atoms with E-state index in [1.807, 2.05) is 17.7 Å². The first-order valence-electron chi connectivity index (χ1n) is 9.04. The van der Waals surface area contributed by atoms with Gasteiger partial charge in [-0.1, -0.05) is 18.2 Å². The Morgan fingerprint density at radius 2 is 2.04 bits per heavy atom. The van der Waals surface area contributed by atoms with Crippen molar-refractivity contribution >= 4 is 11.2 Å². The molecule has 1 aliphatic carbocycles. The van der Waals surface area contributed by atoms with Crippen LogP contribution >= 0.6 is 0 Å². The van der Waals surface area contributed by atoms with Crippen LogP contribution in [0.25, 0.3) is 11.2 Å². The van der Waals surface area contributed by atoms with Gasteiger partial charge in [-0.05, 0) is 43.9 Å². The Hall–Kier alpha value is -2.83. The first-order valence-corrected chi connectivity index (χ1v) is 9.04. The molecule has 0 aromatic carbocycles. The third kappa shape index (κ3) is 3.41. The maximum absolute atomic E-state index is 13.0. The molecule has 3 heterocycles. The molecule has 5 nitrogen and oxygen atoms in total. The van der Waals surface area contributed by atoms with E-state index in [1.54, 1.807) is 13.0 Å². The van der Waals surface area contributed by atoms with Crippen LogP contribution < -0.4 is 0 Å². The van der Waals surface area contributed by atoms with E-state index in [9.17, 15) is 8.78 Å². The lowest BCUT2D eigenvalue weighted by Gasteiger charge is -2.05. The van der Waals surface area contributed by atoms with Crippen molar-refractivity contribution in [2.24, 2.45) is 7.05 Å². The number of aromatic nitrogens is 5. The second kappa shape index (κ2) is 7.06. The minimum absolute atomic E-state index is 0.205. The van der Waals surface area contributed by atoms with Crippen LogP contribution in [0.1, 0.15) is 47.9 Å². The lowest BCUT2D eigenvalue weighted by Crippen LogP contribution is -2.04. The summed E-state index contributed by atoms with van der Waals surface area (Å²) in [6.45, 7) is 1.62. The number of fused-ring (bicyclic) bond motifs is 1. The topological polar surface area (TPSA) is 48.0 Å². The normalized spacial score (nSPS) is 14.3. The zero-order valence-electron chi connectivity index (χ0n) is 15.4. The second-order valence-corrected chi connectivity index (χ2v) is 6.79. The van der Waals surface area contributed by atoms with Crippen LogP contribution in [-0.4, -0.2) is 24.1 Å². The minimum atomic E-state index is -2.59. The minimum Gasteiger partial charge on any atom is -0.337 e. The summed E-state index contributed by atoms with van der Waals surface area (Å²) in [6.07, 6.45) is 9.29. The maximum atomic E-state index is 13.0. The summed E-state index contributed by atoms with van der Waals surface area (Å²) in [5.74, 6) is 0.984. The van der Waals surface area contributed by atoms with Crippen molar-refractivity contribution in [1.82, 2.24) is 24.1 Å². The number of hydrogen-bond acceptors (Lipinski definition) is 3.